The van der Waals surface area contributed by atoms with Crippen molar-refractivity contribution in [1.82, 2.24) is 9.73 Å². The average Bonchev–Trinajstić information content (AvgIpc) is 2.74. The van der Waals surface area contributed by atoms with Crippen molar-refractivity contribution < 1.29 is 13.2 Å². The number of carbonyl (C=O) groups is 1. The van der Waals surface area contributed by atoms with Crippen molar-refractivity contribution >= 4 is 33.2 Å². The highest BCUT2D eigenvalue weighted by molar-refractivity contribution is 7.89. The number of halogens is 1. The van der Waals surface area contributed by atoms with Gasteiger partial charge in [-0.3, -0.25) is 4.79 Å². The smallest absolute Gasteiger partial charge is 0.255 e. The van der Waals surface area contributed by atoms with Gasteiger partial charge in [-0.1, -0.05) is 55.3 Å². The summed E-state index contributed by atoms with van der Waals surface area (Å²) >= 11 is 5.89. The minimum Gasteiger partial charge on any atom is -0.272 e. The number of amides is 1. The fraction of sp³-hybridized carbons (Fsp3) is 0.364. The molecule has 2 aromatic carbocycles. The summed E-state index contributed by atoms with van der Waals surface area (Å²) in [4.78, 5) is 12.5. The predicted octanol–water partition coefficient (Wildman–Crippen LogP) is 4.26. The first-order chi connectivity index (χ1) is 14.3. The number of nitrogens with zero attached hydrogens (tertiary/aromatic N) is 2. The Morgan fingerprint density at radius 3 is 2.40 bits per heavy atom. The van der Waals surface area contributed by atoms with E-state index in [0.717, 1.165) is 30.5 Å². The fourth-order valence-corrected chi connectivity index (χ4v) is 4.30. The lowest BCUT2D eigenvalue weighted by atomic mass is 10.1. The lowest BCUT2D eigenvalue weighted by Gasteiger charge is -2.21. The minimum atomic E-state index is -3.87. The van der Waals surface area contributed by atoms with Crippen molar-refractivity contribution in [2.45, 2.75) is 44.4 Å². The predicted molar refractivity (Wildman–Crippen MR) is 121 cm³/mol. The van der Waals surface area contributed by atoms with Gasteiger partial charge < -0.3 is 0 Å². The Morgan fingerprint density at radius 2 is 1.77 bits per heavy atom. The van der Waals surface area contributed by atoms with E-state index >= 15 is 0 Å². The third-order valence-corrected chi connectivity index (χ3v) is 6.64. The Hall–Kier alpha value is -2.22. The van der Waals surface area contributed by atoms with Gasteiger partial charge in [0.05, 0.1) is 11.4 Å². The third-order valence-electron chi connectivity index (χ3n) is 4.53. The maximum atomic E-state index is 13.1. The molecule has 0 aliphatic rings. The topological polar surface area (TPSA) is 78.8 Å². The van der Waals surface area contributed by atoms with Gasteiger partial charge >= 0.3 is 0 Å². The molecule has 0 atom stereocenters. The van der Waals surface area contributed by atoms with Gasteiger partial charge in [-0.05, 0) is 56.0 Å². The van der Waals surface area contributed by atoms with Crippen LogP contribution in [-0.2, 0) is 21.2 Å². The van der Waals surface area contributed by atoms with Crippen LogP contribution in [0.5, 0.6) is 0 Å². The monoisotopic (exact) mass is 449 g/mol. The molecule has 0 unspecified atom stereocenters. The van der Waals surface area contributed by atoms with Gasteiger partial charge in [-0.15, -0.1) is 0 Å². The number of hydrazone groups is 1. The van der Waals surface area contributed by atoms with Crippen LogP contribution in [-0.4, -0.2) is 37.4 Å². The zero-order valence-electron chi connectivity index (χ0n) is 17.3. The van der Waals surface area contributed by atoms with E-state index in [1.165, 1.54) is 28.6 Å². The second-order valence-electron chi connectivity index (χ2n) is 7.01. The molecule has 0 spiro atoms. The molecule has 0 aliphatic carbocycles. The Balaban J connectivity index is 2.16. The molecule has 0 saturated carbocycles. The molecule has 1 N–H and O–H groups in total. The lowest BCUT2D eigenvalue weighted by molar-refractivity contribution is -0.121. The molecule has 30 heavy (non-hydrogen) atoms. The Kier molecular flexibility index (Phi) is 9.49. The number of nitrogens with one attached hydrogen (secondary N) is 1. The quantitative estimate of drug-likeness (QED) is 0.411. The van der Waals surface area contributed by atoms with E-state index in [-0.39, 0.29) is 18.0 Å². The zero-order chi connectivity index (χ0) is 22.0. The SMILES string of the molecule is CCCC/C(C)=N\NC(=O)CN(CCc1ccccc1)S(=O)(=O)c1ccc(Cl)cc1. The molecule has 1 amide bonds. The number of hydrogen-bond acceptors (Lipinski definition) is 4. The molecular formula is C22H28ClN3O3S. The first-order valence-electron chi connectivity index (χ1n) is 9.94. The van der Waals surface area contributed by atoms with E-state index < -0.39 is 15.9 Å². The maximum absolute atomic E-state index is 13.1. The highest BCUT2D eigenvalue weighted by Crippen LogP contribution is 2.19. The van der Waals surface area contributed by atoms with Crippen LogP contribution in [0, 0.1) is 0 Å². The number of sulfonamides is 1. The first-order valence-corrected chi connectivity index (χ1v) is 11.8. The van der Waals surface area contributed by atoms with Gasteiger partial charge in [0.25, 0.3) is 5.91 Å². The Morgan fingerprint density at radius 1 is 1.10 bits per heavy atom. The van der Waals surface area contributed by atoms with Crippen molar-refractivity contribution in [3.8, 4) is 0 Å². The standard InChI is InChI=1S/C22H28ClN3O3S/c1-3-4-8-18(2)24-25-22(27)17-26(16-15-19-9-6-5-7-10-19)30(28,29)21-13-11-20(23)12-14-21/h5-7,9-14H,3-4,8,15-17H2,1-2H3,(H,25,27)/b24-18-. The number of unbranched alkanes of at least 4 members (excludes halogenated alkanes) is 1. The van der Waals surface area contributed by atoms with Crippen LogP contribution in [0.3, 0.4) is 0 Å². The van der Waals surface area contributed by atoms with Crippen LogP contribution in [0.15, 0.2) is 64.6 Å². The Bertz CT molecular complexity index is 945. The molecule has 162 valence electrons. The number of carbonyl (C=O) groups excluding carboxylic acids is 1. The molecule has 2 aromatic rings. The summed E-state index contributed by atoms with van der Waals surface area (Å²) in [7, 11) is -3.87. The van der Waals surface area contributed by atoms with E-state index in [1.807, 2.05) is 37.3 Å². The molecule has 0 heterocycles. The molecule has 6 nitrogen and oxygen atoms in total. The van der Waals surface area contributed by atoms with Crippen molar-refractivity contribution in [3.63, 3.8) is 0 Å². The molecule has 0 fully saturated rings. The molecule has 2 rings (SSSR count). The van der Waals surface area contributed by atoms with E-state index in [0.29, 0.717) is 11.4 Å². The summed E-state index contributed by atoms with van der Waals surface area (Å²) < 4.78 is 27.5. The number of rotatable bonds is 11. The molecule has 8 heteroatoms. The van der Waals surface area contributed by atoms with Crippen molar-refractivity contribution in [1.29, 1.82) is 0 Å². The number of hydrogen-bond donors (Lipinski definition) is 1. The van der Waals surface area contributed by atoms with Crippen LogP contribution >= 0.6 is 11.6 Å². The lowest BCUT2D eigenvalue weighted by Crippen LogP contribution is -2.40. The van der Waals surface area contributed by atoms with E-state index in [9.17, 15) is 13.2 Å². The van der Waals surface area contributed by atoms with E-state index in [4.69, 9.17) is 11.6 Å². The summed E-state index contributed by atoms with van der Waals surface area (Å²) in [5.41, 5.74) is 4.27. The Labute approximate surface area is 184 Å². The maximum Gasteiger partial charge on any atom is 0.255 e. The summed E-state index contributed by atoms with van der Waals surface area (Å²) in [6.45, 7) is 3.77. The van der Waals surface area contributed by atoms with Crippen LogP contribution in [0.1, 0.15) is 38.7 Å². The molecule has 0 bridgehead atoms. The number of benzene rings is 2. The van der Waals surface area contributed by atoms with E-state index in [2.05, 4.69) is 17.5 Å². The van der Waals surface area contributed by atoms with Gasteiger partial charge in [-0.25, -0.2) is 13.8 Å². The van der Waals surface area contributed by atoms with Crippen LogP contribution < -0.4 is 5.43 Å². The fourth-order valence-electron chi connectivity index (χ4n) is 2.78. The average molecular weight is 450 g/mol. The van der Waals surface area contributed by atoms with Crippen molar-refractivity contribution in [3.05, 3.63) is 65.2 Å². The van der Waals surface area contributed by atoms with Crippen molar-refractivity contribution in [2.75, 3.05) is 13.1 Å². The summed E-state index contributed by atoms with van der Waals surface area (Å²) in [5.74, 6) is -0.476. The van der Waals surface area contributed by atoms with Gasteiger partial charge in [0, 0.05) is 17.3 Å². The molecule has 0 aliphatic heterocycles. The van der Waals surface area contributed by atoms with Crippen molar-refractivity contribution in [2.24, 2.45) is 5.10 Å². The van der Waals surface area contributed by atoms with Gasteiger partial charge in [0.1, 0.15) is 0 Å². The van der Waals surface area contributed by atoms with Crippen LogP contribution in [0.4, 0.5) is 0 Å². The van der Waals surface area contributed by atoms with Crippen LogP contribution in [0.2, 0.25) is 5.02 Å². The van der Waals surface area contributed by atoms with Gasteiger partial charge in [0.15, 0.2) is 0 Å². The second-order valence-corrected chi connectivity index (χ2v) is 9.39. The highest BCUT2D eigenvalue weighted by Gasteiger charge is 2.26. The summed E-state index contributed by atoms with van der Waals surface area (Å²) in [6.07, 6.45) is 3.30. The second kappa shape index (κ2) is 11.8. The van der Waals surface area contributed by atoms with Crippen LogP contribution in [0.25, 0.3) is 0 Å². The first kappa shape index (κ1) is 24.1. The minimum absolute atomic E-state index is 0.0930. The molecule has 0 saturated heterocycles. The summed E-state index contributed by atoms with van der Waals surface area (Å²) in [6, 6.07) is 15.5. The normalized spacial score (nSPS) is 12.2. The third kappa shape index (κ3) is 7.55. The van der Waals surface area contributed by atoms with E-state index in [1.54, 1.807) is 0 Å². The molecular weight excluding hydrogens is 422 g/mol. The van der Waals surface area contributed by atoms with Gasteiger partial charge in [0.2, 0.25) is 10.0 Å². The molecule has 0 radical (unpaired) electrons. The zero-order valence-corrected chi connectivity index (χ0v) is 18.9. The molecule has 0 aromatic heterocycles. The highest BCUT2D eigenvalue weighted by atomic mass is 35.5. The summed E-state index contributed by atoms with van der Waals surface area (Å²) in [5, 5.41) is 4.52. The largest absolute Gasteiger partial charge is 0.272 e. The van der Waals surface area contributed by atoms with Gasteiger partial charge in [-0.2, -0.15) is 9.41 Å².